The molecule has 0 saturated carbocycles. The van der Waals surface area contributed by atoms with Crippen LogP contribution in [0.15, 0.2) is 64.5 Å². The van der Waals surface area contributed by atoms with Gasteiger partial charge in [0, 0.05) is 47.9 Å². The number of aliphatic hydroxyl groups excluding tert-OH is 1. The Hall–Kier alpha value is -1.77. The van der Waals surface area contributed by atoms with E-state index in [4.69, 9.17) is 4.74 Å². The predicted octanol–water partition coefficient (Wildman–Crippen LogP) is 4.37. The quantitative estimate of drug-likeness (QED) is 0.276. The number of nitrogens with zero attached hydrogens (tertiary/aromatic N) is 3. The zero-order chi connectivity index (χ0) is 22.3. The second kappa shape index (κ2) is 11.4. The number of aromatic nitrogens is 1. The van der Waals surface area contributed by atoms with Crippen LogP contribution < -0.4 is 4.74 Å². The lowest BCUT2D eigenvalue weighted by molar-refractivity contribution is 0.0733. The molecular formula is C25H31N3O2S2. The van der Waals surface area contributed by atoms with Crippen molar-refractivity contribution in [2.24, 2.45) is 0 Å². The van der Waals surface area contributed by atoms with Crippen molar-refractivity contribution < 1.29 is 9.84 Å². The van der Waals surface area contributed by atoms with Gasteiger partial charge in [-0.2, -0.15) is 0 Å². The maximum atomic E-state index is 11.0. The highest BCUT2D eigenvalue weighted by Gasteiger charge is 2.21. The average molecular weight is 470 g/mol. The van der Waals surface area contributed by atoms with Crippen molar-refractivity contribution >= 4 is 35.3 Å². The van der Waals surface area contributed by atoms with Gasteiger partial charge in [-0.15, -0.1) is 24.4 Å². The van der Waals surface area contributed by atoms with Crippen molar-refractivity contribution in [3.05, 3.63) is 60.3 Å². The van der Waals surface area contributed by atoms with Gasteiger partial charge < -0.3 is 14.7 Å². The Morgan fingerprint density at radius 3 is 2.66 bits per heavy atom. The lowest BCUT2D eigenvalue weighted by Gasteiger charge is -2.35. The molecule has 4 rings (SSSR count). The summed E-state index contributed by atoms with van der Waals surface area (Å²) in [6, 6.07) is 16.2. The minimum atomic E-state index is -0.545. The summed E-state index contributed by atoms with van der Waals surface area (Å²) in [5.41, 5.74) is 1.79. The van der Waals surface area contributed by atoms with E-state index in [0.29, 0.717) is 12.3 Å². The lowest BCUT2D eigenvalue weighted by atomic mass is 10.0. The van der Waals surface area contributed by atoms with Crippen molar-refractivity contribution in [1.82, 2.24) is 14.8 Å². The molecule has 170 valence electrons. The molecule has 1 unspecified atom stereocenters. The summed E-state index contributed by atoms with van der Waals surface area (Å²) in [4.78, 5) is 11.7. The SMILES string of the molecule is COc1cnc2cccc(C(O)CN3CCN(CCCSc4ccccc4S)CC3)c2c1. The van der Waals surface area contributed by atoms with Crippen molar-refractivity contribution in [1.29, 1.82) is 0 Å². The number of aliphatic hydroxyl groups is 1. The van der Waals surface area contributed by atoms with Gasteiger partial charge in [0.15, 0.2) is 0 Å². The molecule has 3 aromatic rings. The van der Waals surface area contributed by atoms with Crippen molar-refractivity contribution in [2.45, 2.75) is 22.3 Å². The molecule has 0 amide bonds. The van der Waals surface area contributed by atoms with Crippen LogP contribution in [0.1, 0.15) is 18.1 Å². The number of fused-ring (bicyclic) bond motifs is 1. The molecule has 2 heterocycles. The van der Waals surface area contributed by atoms with Gasteiger partial charge in [-0.1, -0.05) is 24.3 Å². The first-order chi connectivity index (χ1) is 15.6. The third kappa shape index (κ3) is 5.97. The highest BCUT2D eigenvalue weighted by atomic mass is 32.2. The van der Waals surface area contributed by atoms with E-state index in [2.05, 4.69) is 39.5 Å². The van der Waals surface area contributed by atoms with Crippen LogP contribution in [0.4, 0.5) is 0 Å². The zero-order valence-corrected chi connectivity index (χ0v) is 20.2. The maximum absolute atomic E-state index is 11.0. The second-order valence-corrected chi connectivity index (χ2v) is 9.74. The molecule has 7 heteroatoms. The number of thiol groups is 1. The summed E-state index contributed by atoms with van der Waals surface area (Å²) in [5, 5.41) is 11.9. The minimum Gasteiger partial charge on any atom is -0.495 e. The summed E-state index contributed by atoms with van der Waals surface area (Å²) in [6.07, 6.45) is 2.34. The van der Waals surface area contributed by atoms with E-state index in [-0.39, 0.29) is 0 Å². The van der Waals surface area contributed by atoms with Gasteiger partial charge in [0.05, 0.1) is 24.9 Å². The fourth-order valence-corrected chi connectivity index (χ4v) is 5.38. The molecule has 5 nitrogen and oxygen atoms in total. The van der Waals surface area contributed by atoms with Gasteiger partial charge in [0.1, 0.15) is 5.75 Å². The van der Waals surface area contributed by atoms with Crippen molar-refractivity contribution in [2.75, 3.05) is 52.1 Å². The van der Waals surface area contributed by atoms with Gasteiger partial charge >= 0.3 is 0 Å². The number of hydrogen-bond donors (Lipinski definition) is 2. The standard InChI is InChI=1S/C25H31N3O2S2/c1-30-19-16-21-20(6-4-7-22(21)26-17-19)23(29)18-28-13-11-27(12-14-28)10-5-15-32-25-9-3-2-8-24(25)31/h2-4,6-9,16-17,23,29,31H,5,10-15,18H2,1H3. The van der Waals surface area contributed by atoms with Crippen LogP contribution >= 0.6 is 24.4 Å². The Kier molecular flexibility index (Phi) is 8.32. The van der Waals surface area contributed by atoms with Crippen LogP contribution in [0.2, 0.25) is 0 Å². The van der Waals surface area contributed by atoms with E-state index in [1.54, 1.807) is 13.3 Å². The van der Waals surface area contributed by atoms with Gasteiger partial charge in [0.25, 0.3) is 0 Å². The number of thioether (sulfide) groups is 1. The molecule has 0 spiro atoms. The van der Waals surface area contributed by atoms with Gasteiger partial charge in [-0.3, -0.25) is 9.88 Å². The van der Waals surface area contributed by atoms with Gasteiger partial charge in [-0.05, 0) is 48.5 Å². The summed E-state index contributed by atoms with van der Waals surface area (Å²) < 4.78 is 5.32. The molecule has 32 heavy (non-hydrogen) atoms. The van der Waals surface area contributed by atoms with E-state index in [0.717, 1.165) is 59.8 Å². The molecule has 1 aromatic heterocycles. The van der Waals surface area contributed by atoms with Crippen LogP contribution in [0.3, 0.4) is 0 Å². The summed E-state index contributed by atoms with van der Waals surface area (Å²) >= 11 is 6.41. The Labute approximate surface area is 200 Å². The second-order valence-electron chi connectivity index (χ2n) is 8.12. The Balaban J connectivity index is 1.24. The molecule has 2 aromatic carbocycles. The maximum Gasteiger partial charge on any atom is 0.137 e. The van der Waals surface area contributed by atoms with Crippen LogP contribution in [0, 0.1) is 0 Å². The molecule has 1 aliphatic heterocycles. The largest absolute Gasteiger partial charge is 0.495 e. The molecule has 0 aliphatic carbocycles. The first kappa shape index (κ1) is 23.4. The van der Waals surface area contributed by atoms with E-state index in [1.807, 2.05) is 48.2 Å². The highest BCUT2D eigenvalue weighted by Crippen LogP contribution is 2.28. The molecule has 1 saturated heterocycles. The summed E-state index contributed by atoms with van der Waals surface area (Å²) in [6.45, 7) is 5.81. The Morgan fingerprint density at radius 1 is 1.09 bits per heavy atom. The third-order valence-electron chi connectivity index (χ3n) is 5.97. The summed E-state index contributed by atoms with van der Waals surface area (Å²) in [7, 11) is 1.64. The predicted molar refractivity (Wildman–Crippen MR) is 135 cm³/mol. The fraction of sp³-hybridized carbons (Fsp3) is 0.400. The average Bonchev–Trinajstić information content (AvgIpc) is 2.83. The van der Waals surface area contributed by atoms with Crippen LogP contribution in [-0.2, 0) is 0 Å². The van der Waals surface area contributed by atoms with Crippen molar-refractivity contribution in [3.8, 4) is 5.75 Å². The van der Waals surface area contributed by atoms with E-state index in [1.165, 1.54) is 11.3 Å². The normalized spacial score (nSPS) is 16.3. The monoisotopic (exact) mass is 469 g/mol. The Morgan fingerprint density at radius 2 is 1.88 bits per heavy atom. The van der Waals surface area contributed by atoms with Gasteiger partial charge in [0.2, 0.25) is 0 Å². The number of rotatable bonds is 9. The third-order valence-corrected chi connectivity index (χ3v) is 7.67. The molecule has 1 fully saturated rings. The smallest absolute Gasteiger partial charge is 0.137 e. The van der Waals surface area contributed by atoms with E-state index in [9.17, 15) is 5.11 Å². The Bertz CT molecular complexity index is 1020. The van der Waals surface area contributed by atoms with Gasteiger partial charge in [-0.25, -0.2) is 0 Å². The first-order valence-electron chi connectivity index (χ1n) is 11.1. The number of hydrogen-bond acceptors (Lipinski definition) is 7. The molecule has 1 atom stereocenters. The van der Waals surface area contributed by atoms with Crippen LogP contribution in [-0.4, -0.2) is 72.0 Å². The highest BCUT2D eigenvalue weighted by molar-refractivity contribution is 7.99. The zero-order valence-electron chi connectivity index (χ0n) is 18.5. The number of piperazine rings is 1. The van der Waals surface area contributed by atoms with Crippen LogP contribution in [0.25, 0.3) is 10.9 Å². The lowest BCUT2D eigenvalue weighted by Crippen LogP contribution is -2.47. The fourth-order valence-electron chi connectivity index (χ4n) is 4.14. The number of ether oxygens (including phenoxy) is 1. The van der Waals surface area contributed by atoms with Crippen molar-refractivity contribution in [3.63, 3.8) is 0 Å². The number of benzene rings is 2. The molecule has 1 aliphatic rings. The molecule has 1 N–H and O–H groups in total. The molecule has 0 bridgehead atoms. The summed E-state index contributed by atoms with van der Waals surface area (Å²) in [5.74, 6) is 1.82. The number of pyridine rings is 1. The molecule has 0 radical (unpaired) electrons. The molecular weight excluding hydrogens is 438 g/mol. The van der Waals surface area contributed by atoms with Crippen LogP contribution in [0.5, 0.6) is 5.75 Å². The topological polar surface area (TPSA) is 48.8 Å². The van der Waals surface area contributed by atoms with E-state index < -0.39 is 6.10 Å². The minimum absolute atomic E-state index is 0.545. The number of methoxy groups -OCH3 is 1. The first-order valence-corrected chi connectivity index (χ1v) is 12.5. The van der Waals surface area contributed by atoms with E-state index >= 15 is 0 Å². The number of β-amino-alcohol motifs (C(OH)–C–C–N with tert-alkyl or cyclic N) is 1.